The van der Waals surface area contributed by atoms with Gasteiger partial charge in [0.05, 0.1) is 6.54 Å². The molecule has 1 saturated heterocycles. The van der Waals surface area contributed by atoms with E-state index in [1.807, 2.05) is 19.1 Å². The van der Waals surface area contributed by atoms with E-state index in [4.69, 9.17) is 0 Å². The van der Waals surface area contributed by atoms with E-state index in [0.717, 1.165) is 18.4 Å². The fourth-order valence-corrected chi connectivity index (χ4v) is 2.73. The molecule has 5 heteroatoms. The van der Waals surface area contributed by atoms with Crippen molar-refractivity contribution in [1.82, 2.24) is 15.2 Å². The van der Waals surface area contributed by atoms with Crippen molar-refractivity contribution in [3.63, 3.8) is 0 Å². The molecule has 5 nitrogen and oxygen atoms in total. The third kappa shape index (κ3) is 2.20. The SMILES string of the molecule is CC1(C2CC2)NC(=O)CN(Cc2cccnc2)C1=O. The minimum atomic E-state index is -0.711. The number of nitrogens with zero attached hydrogens (tertiary/aromatic N) is 2. The Morgan fingerprint density at radius 3 is 2.89 bits per heavy atom. The topological polar surface area (TPSA) is 62.3 Å². The molecule has 3 rings (SSSR count). The molecule has 0 aromatic carbocycles. The Bertz CT molecular complexity index is 513. The number of piperazine rings is 1. The highest BCUT2D eigenvalue weighted by Gasteiger charge is 2.52. The van der Waals surface area contributed by atoms with Gasteiger partial charge in [0, 0.05) is 18.9 Å². The Labute approximate surface area is 112 Å². The molecule has 100 valence electrons. The Morgan fingerprint density at radius 1 is 1.47 bits per heavy atom. The van der Waals surface area contributed by atoms with E-state index in [9.17, 15) is 9.59 Å². The second kappa shape index (κ2) is 4.33. The lowest BCUT2D eigenvalue weighted by Crippen LogP contribution is -2.66. The summed E-state index contributed by atoms with van der Waals surface area (Å²) in [7, 11) is 0. The van der Waals surface area contributed by atoms with Gasteiger partial charge < -0.3 is 10.2 Å². The number of hydrogen-bond donors (Lipinski definition) is 1. The molecule has 1 saturated carbocycles. The third-order valence-electron chi connectivity index (χ3n) is 3.96. The highest BCUT2D eigenvalue weighted by Crippen LogP contribution is 2.41. The van der Waals surface area contributed by atoms with Crippen LogP contribution in [0.25, 0.3) is 0 Å². The minimum Gasteiger partial charge on any atom is -0.340 e. The van der Waals surface area contributed by atoms with E-state index in [-0.39, 0.29) is 18.4 Å². The van der Waals surface area contributed by atoms with E-state index in [1.54, 1.807) is 17.3 Å². The maximum absolute atomic E-state index is 12.6. The molecule has 1 aromatic heterocycles. The number of carbonyl (C=O) groups is 2. The van der Waals surface area contributed by atoms with Crippen LogP contribution >= 0.6 is 0 Å². The van der Waals surface area contributed by atoms with Gasteiger partial charge in [-0.25, -0.2) is 0 Å². The molecule has 0 radical (unpaired) electrons. The van der Waals surface area contributed by atoms with Crippen LogP contribution in [0.5, 0.6) is 0 Å². The minimum absolute atomic E-state index is 0.0263. The lowest BCUT2D eigenvalue weighted by Gasteiger charge is -2.40. The van der Waals surface area contributed by atoms with Crippen LogP contribution in [-0.4, -0.2) is 33.8 Å². The zero-order valence-corrected chi connectivity index (χ0v) is 10.9. The predicted octanol–water partition coefficient (Wildman–Crippen LogP) is 0.709. The summed E-state index contributed by atoms with van der Waals surface area (Å²) in [4.78, 5) is 30.1. The first kappa shape index (κ1) is 12.1. The van der Waals surface area contributed by atoms with E-state index >= 15 is 0 Å². The maximum atomic E-state index is 12.6. The average molecular weight is 259 g/mol. The third-order valence-corrected chi connectivity index (χ3v) is 3.96. The second-order valence-electron chi connectivity index (χ2n) is 5.55. The lowest BCUT2D eigenvalue weighted by molar-refractivity contribution is -0.150. The van der Waals surface area contributed by atoms with E-state index in [1.165, 1.54) is 0 Å². The molecular formula is C14H17N3O2. The van der Waals surface area contributed by atoms with Crippen molar-refractivity contribution >= 4 is 11.8 Å². The van der Waals surface area contributed by atoms with Crippen LogP contribution < -0.4 is 5.32 Å². The van der Waals surface area contributed by atoms with Gasteiger partial charge in [0.1, 0.15) is 5.54 Å². The molecule has 2 fully saturated rings. The first-order valence-corrected chi connectivity index (χ1v) is 6.59. The quantitative estimate of drug-likeness (QED) is 0.869. The Balaban J connectivity index is 1.81. The highest BCUT2D eigenvalue weighted by atomic mass is 16.2. The van der Waals surface area contributed by atoms with Crippen LogP contribution in [0.4, 0.5) is 0 Å². The Morgan fingerprint density at radius 2 is 2.26 bits per heavy atom. The monoisotopic (exact) mass is 259 g/mol. The van der Waals surface area contributed by atoms with E-state index in [0.29, 0.717) is 12.5 Å². The van der Waals surface area contributed by atoms with Crippen LogP contribution in [0.2, 0.25) is 0 Å². The highest BCUT2D eigenvalue weighted by molar-refractivity contribution is 5.98. The normalized spacial score (nSPS) is 27.3. The Hall–Kier alpha value is -1.91. The van der Waals surface area contributed by atoms with Gasteiger partial charge in [-0.3, -0.25) is 14.6 Å². The number of pyridine rings is 1. The van der Waals surface area contributed by atoms with E-state index < -0.39 is 5.54 Å². The molecule has 2 amide bonds. The van der Waals surface area contributed by atoms with Crippen molar-refractivity contribution in [3.05, 3.63) is 30.1 Å². The second-order valence-corrected chi connectivity index (χ2v) is 5.55. The predicted molar refractivity (Wildman–Crippen MR) is 68.9 cm³/mol. The van der Waals surface area contributed by atoms with Crippen molar-refractivity contribution < 1.29 is 9.59 Å². The zero-order valence-electron chi connectivity index (χ0n) is 10.9. The smallest absolute Gasteiger partial charge is 0.249 e. The molecule has 2 heterocycles. The first-order chi connectivity index (χ1) is 9.09. The number of aromatic nitrogens is 1. The number of hydrogen-bond acceptors (Lipinski definition) is 3. The summed E-state index contributed by atoms with van der Waals surface area (Å²) in [5.74, 6) is 0.247. The summed E-state index contributed by atoms with van der Waals surface area (Å²) in [6, 6.07) is 3.76. The van der Waals surface area contributed by atoms with Crippen LogP contribution in [0.3, 0.4) is 0 Å². The van der Waals surface area contributed by atoms with Gasteiger partial charge >= 0.3 is 0 Å². The van der Waals surface area contributed by atoms with E-state index in [2.05, 4.69) is 10.3 Å². The summed E-state index contributed by atoms with van der Waals surface area (Å²) in [6.45, 7) is 2.43. The van der Waals surface area contributed by atoms with Crippen LogP contribution in [0, 0.1) is 5.92 Å². The van der Waals surface area contributed by atoms with Gasteiger partial charge in [0.15, 0.2) is 0 Å². The molecule has 1 aliphatic heterocycles. The fourth-order valence-electron chi connectivity index (χ4n) is 2.73. The maximum Gasteiger partial charge on any atom is 0.249 e. The van der Waals surface area contributed by atoms with Gasteiger partial charge in [0.25, 0.3) is 0 Å². The standard InChI is InChI=1S/C14H17N3O2/c1-14(11-4-5-11)13(19)17(9-12(18)16-14)8-10-3-2-6-15-7-10/h2-3,6-7,11H,4-5,8-9H2,1H3,(H,16,18). The largest absolute Gasteiger partial charge is 0.340 e. The van der Waals surface area contributed by atoms with Crippen molar-refractivity contribution in [2.75, 3.05) is 6.54 Å². The van der Waals surface area contributed by atoms with Gasteiger partial charge in [-0.1, -0.05) is 6.07 Å². The summed E-state index contributed by atoms with van der Waals surface area (Å²) in [5.41, 5.74) is 0.237. The van der Waals surface area contributed by atoms with Gasteiger partial charge in [-0.15, -0.1) is 0 Å². The van der Waals surface area contributed by atoms with Crippen LogP contribution in [0.15, 0.2) is 24.5 Å². The summed E-state index contributed by atoms with van der Waals surface area (Å²) >= 11 is 0. The van der Waals surface area contributed by atoms with Gasteiger partial charge in [0.2, 0.25) is 11.8 Å². The molecule has 19 heavy (non-hydrogen) atoms. The van der Waals surface area contributed by atoms with Gasteiger partial charge in [-0.05, 0) is 37.3 Å². The first-order valence-electron chi connectivity index (χ1n) is 6.59. The molecule has 1 unspecified atom stereocenters. The molecule has 1 aliphatic carbocycles. The fraction of sp³-hybridized carbons (Fsp3) is 0.500. The van der Waals surface area contributed by atoms with Crippen molar-refractivity contribution in [3.8, 4) is 0 Å². The van der Waals surface area contributed by atoms with Crippen LogP contribution in [-0.2, 0) is 16.1 Å². The number of nitrogens with one attached hydrogen (secondary N) is 1. The molecule has 1 atom stereocenters. The Kier molecular flexibility index (Phi) is 2.77. The summed E-state index contributed by atoms with van der Waals surface area (Å²) < 4.78 is 0. The molecular weight excluding hydrogens is 242 g/mol. The number of amides is 2. The molecule has 1 aromatic rings. The summed E-state index contributed by atoms with van der Waals surface area (Å²) in [5, 5.41) is 2.87. The average Bonchev–Trinajstić information content (AvgIpc) is 3.21. The zero-order chi connectivity index (χ0) is 13.5. The van der Waals surface area contributed by atoms with Crippen molar-refractivity contribution in [1.29, 1.82) is 0 Å². The molecule has 2 aliphatic rings. The van der Waals surface area contributed by atoms with Crippen LogP contribution in [0.1, 0.15) is 25.3 Å². The molecule has 0 bridgehead atoms. The molecule has 1 N–H and O–H groups in total. The van der Waals surface area contributed by atoms with Crippen molar-refractivity contribution in [2.24, 2.45) is 5.92 Å². The number of rotatable bonds is 3. The summed E-state index contributed by atoms with van der Waals surface area (Å²) in [6.07, 6.45) is 5.46. The van der Waals surface area contributed by atoms with Gasteiger partial charge in [-0.2, -0.15) is 0 Å². The molecule has 0 spiro atoms. The lowest BCUT2D eigenvalue weighted by atomic mass is 9.91. The number of carbonyl (C=O) groups excluding carboxylic acids is 2. The van der Waals surface area contributed by atoms with Crippen molar-refractivity contribution in [2.45, 2.75) is 31.8 Å².